The Balaban J connectivity index is 2.52. The Hall–Kier alpha value is -1.47. The minimum atomic E-state index is -0.236. The van der Waals surface area contributed by atoms with Crippen LogP contribution in [-0.4, -0.2) is 36.4 Å². The Morgan fingerprint density at radius 2 is 2.24 bits per heavy atom. The molecule has 94 valence electrons. The zero-order chi connectivity index (χ0) is 12.8. The minimum Gasteiger partial charge on any atom is -0.349 e. The Labute approximate surface area is 104 Å². The molecular weight excluding hydrogens is 240 g/mol. The maximum absolute atomic E-state index is 11.7. The van der Waals surface area contributed by atoms with Gasteiger partial charge >= 0.3 is 0 Å². The SMILES string of the molecule is CNC(C)CNC(=O)c1csc(NC(C)=O)n1. The summed E-state index contributed by atoms with van der Waals surface area (Å²) in [6.07, 6.45) is 0. The largest absolute Gasteiger partial charge is 0.349 e. The van der Waals surface area contributed by atoms with Crippen LogP contribution >= 0.6 is 11.3 Å². The summed E-state index contributed by atoms with van der Waals surface area (Å²) in [6.45, 7) is 3.89. The van der Waals surface area contributed by atoms with Crippen LogP contribution in [0.25, 0.3) is 0 Å². The molecule has 1 aromatic heterocycles. The fourth-order valence-electron chi connectivity index (χ4n) is 1.02. The van der Waals surface area contributed by atoms with Gasteiger partial charge < -0.3 is 16.0 Å². The molecule has 0 aliphatic rings. The standard InChI is InChI=1S/C10H16N4O2S/c1-6(11-3)4-12-9(16)8-5-17-10(14-8)13-7(2)15/h5-6,11H,4H2,1-3H3,(H,12,16)(H,13,14,15). The van der Waals surface area contributed by atoms with Gasteiger partial charge in [-0.3, -0.25) is 9.59 Å². The number of anilines is 1. The van der Waals surface area contributed by atoms with Crippen LogP contribution in [0.3, 0.4) is 0 Å². The summed E-state index contributed by atoms with van der Waals surface area (Å²) in [5, 5.41) is 10.3. The highest BCUT2D eigenvalue weighted by Crippen LogP contribution is 2.14. The predicted octanol–water partition coefficient (Wildman–Crippen LogP) is 0.439. The van der Waals surface area contributed by atoms with Crippen molar-refractivity contribution in [3.63, 3.8) is 0 Å². The van der Waals surface area contributed by atoms with Crippen LogP contribution in [0.15, 0.2) is 5.38 Å². The van der Waals surface area contributed by atoms with Crippen molar-refractivity contribution in [3.8, 4) is 0 Å². The van der Waals surface area contributed by atoms with Gasteiger partial charge in [-0.2, -0.15) is 0 Å². The summed E-state index contributed by atoms with van der Waals surface area (Å²) in [7, 11) is 1.83. The van der Waals surface area contributed by atoms with Crippen LogP contribution < -0.4 is 16.0 Å². The molecule has 1 aromatic rings. The van der Waals surface area contributed by atoms with Gasteiger partial charge in [0.2, 0.25) is 5.91 Å². The van der Waals surface area contributed by atoms with Crippen LogP contribution in [0.4, 0.5) is 5.13 Å². The van der Waals surface area contributed by atoms with Gasteiger partial charge in [0.25, 0.3) is 5.91 Å². The van der Waals surface area contributed by atoms with E-state index in [0.717, 1.165) is 0 Å². The third-order valence-corrected chi connectivity index (χ3v) is 2.84. The summed E-state index contributed by atoms with van der Waals surface area (Å²) in [6, 6.07) is 0.201. The number of hydrogen-bond acceptors (Lipinski definition) is 5. The van der Waals surface area contributed by atoms with E-state index >= 15 is 0 Å². The van der Waals surface area contributed by atoms with E-state index in [2.05, 4.69) is 20.9 Å². The van der Waals surface area contributed by atoms with E-state index in [1.54, 1.807) is 5.38 Å². The molecule has 0 spiro atoms. The minimum absolute atomic E-state index is 0.199. The number of carbonyl (C=O) groups excluding carboxylic acids is 2. The van der Waals surface area contributed by atoms with E-state index in [4.69, 9.17) is 0 Å². The summed E-state index contributed by atoms with van der Waals surface area (Å²) >= 11 is 1.23. The number of nitrogens with one attached hydrogen (secondary N) is 3. The highest BCUT2D eigenvalue weighted by molar-refractivity contribution is 7.14. The Kier molecular flexibility index (Phi) is 5.05. The number of amides is 2. The van der Waals surface area contributed by atoms with Crippen molar-refractivity contribution in [2.75, 3.05) is 18.9 Å². The average Bonchev–Trinajstić information content (AvgIpc) is 2.72. The second-order valence-electron chi connectivity index (χ2n) is 3.62. The first-order chi connectivity index (χ1) is 8.02. The zero-order valence-corrected chi connectivity index (χ0v) is 10.9. The lowest BCUT2D eigenvalue weighted by Gasteiger charge is -2.10. The zero-order valence-electron chi connectivity index (χ0n) is 10.0. The van der Waals surface area contributed by atoms with Gasteiger partial charge in [0, 0.05) is 24.9 Å². The number of rotatable bonds is 5. The molecule has 2 amide bonds. The van der Waals surface area contributed by atoms with Crippen molar-refractivity contribution < 1.29 is 9.59 Å². The van der Waals surface area contributed by atoms with Crippen molar-refractivity contribution >= 4 is 28.3 Å². The number of likely N-dealkylation sites (N-methyl/N-ethyl adjacent to an activating group) is 1. The molecule has 0 saturated heterocycles. The van der Waals surface area contributed by atoms with Gasteiger partial charge in [0.1, 0.15) is 5.69 Å². The van der Waals surface area contributed by atoms with Crippen molar-refractivity contribution in [1.82, 2.24) is 15.6 Å². The maximum Gasteiger partial charge on any atom is 0.270 e. The fourth-order valence-corrected chi connectivity index (χ4v) is 1.76. The fraction of sp³-hybridized carbons (Fsp3) is 0.500. The first-order valence-corrected chi connectivity index (χ1v) is 6.09. The first-order valence-electron chi connectivity index (χ1n) is 5.21. The molecule has 0 aliphatic heterocycles. The van der Waals surface area contributed by atoms with Gasteiger partial charge in [-0.25, -0.2) is 4.98 Å². The van der Waals surface area contributed by atoms with E-state index in [1.807, 2.05) is 14.0 Å². The first kappa shape index (κ1) is 13.6. The number of nitrogens with zero attached hydrogens (tertiary/aromatic N) is 1. The molecule has 1 unspecified atom stereocenters. The van der Waals surface area contributed by atoms with Crippen LogP contribution in [0.1, 0.15) is 24.3 Å². The maximum atomic E-state index is 11.7. The molecule has 6 nitrogen and oxygen atoms in total. The summed E-state index contributed by atoms with van der Waals surface area (Å²) in [5.74, 6) is -0.435. The Morgan fingerprint density at radius 1 is 1.53 bits per heavy atom. The quantitative estimate of drug-likeness (QED) is 0.714. The van der Waals surface area contributed by atoms with E-state index in [-0.39, 0.29) is 17.9 Å². The third-order valence-electron chi connectivity index (χ3n) is 2.08. The second-order valence-corrected chi connectivity index (χ2v) is 4.48. The number of hydrogen-bond donors (Lipinski definition) is 3. The molecule has 0 bridgehead atoms. The topological polar surface area (TPSA) is 83.1 Å². The van der Waals surface area contributed by atoms with Gasteiger partial charge in [-0.15, -0.1) is 11.3 Å². The Morgan fingerprint density at radius 3 is 2.82 bits per heavy atom. The lowest BCUT2D eigenvalue weighted by molar-refractivity contribution is -0.114. The molecule has 1 heterocycles. The molecule has 0 radical (unpaired) electrons. The Bertz CT molecular complexity index is 405. The third kappa shape index (κ3) is 4.49. The lowest BCUT2D eigenvalue weighted by atomic mass is 10.3. The van der Waals surface area contributed by atoms with Gasteiger partial charge in [0.05, 0.1) is 0 Å². The van der Waals surface area contributed by atoms with Gasteiger partial charge in [0.15, 0.2) is 5.13 Å². The molecule has 1 atom stereocenters. The number of thiazole rings is 1. The second kappa shape index (κ2) is 6.31. The predicted molar refractivity (Wildman–Crippen MR) is 67.3 cm³/mol. The molecular formula is C10H16N4O2S. The molecule has 0 fully saturated rings. The molecule has 7 heteroatoms. The van der Waals surface area contributed by atoms with Crippen LogP contribution in [0.2, 0.25) is 0 Å². The molecule has 17 heavy (non-hydrogen) atoms. The molecule has 0 aromatic carbocycles. The average molecular weight is 256 g/mol. The molecule has 0 aliphatic carbocycles. The van der Waals surface area contributed by atoms with Crippen LogP contribution in [-0.2, 0) is 4.79 Å². The number of aromatic nitrogens is 1. The highest BCUT2D eigenvalue weighted by atomic mass is 32.1. The van der Waals surface area contributed by atoms with E-state index in [0.29, 0.717) is 17.4 Å². The lowest BCUT2D eigenvalue weighted by Crippen LogP contribution is -2.37. The van der Waals surface area contributed by atoms with Crippen molar-refractivity contribution in [2.24, 2.45) is 0 Å². The molecule has 0 saturated carbocycles. The van der Waals surface area contributed by atoms with Gasteiger partial charge in [-0.1, -0.05) is 0 Å². The summed E-state index contributed by atoms with van der Waals surface area (Å²) in [5.41, 5.74) is 0.321. The molecule has 1 rings (SSSR count). The monoisotopic (exact) mass is 256 g/mol. The van der Waals surface area contributed by atoms with Crippen LogP contribution in [0, 0.1) is 0 Å². The smallest absolute Gasteiger partial charge is 0.270 e. The van der Waals surface area contributed by atoms with Crippen molar-refractivity contribution in [2.45, 2.75) is 19.9 Å². The van der Waals surface area contributed by atoms with Crippen molar-refractivity contribution in [1.29, 1.82) is 0 Å². The van der Waals surface area contributed by atoms with E-state index in [1.165, 1.54) is 18.3 Å². The normalized spacial score (nSPS) is 11.9. The summed E-state index contributed by atoms with van der Waals surface area (Å²) in [4.78, 5) is 26.5. The molecule has 3 N–H and O–H groups in total. The highest BCUT2D eigenvalue weighted by Gasteiger charge is 2.11. The number of carbonyl (C=O) groups is 2. The van der Waals surface area contributed by atoms with E-state index < -0.39 is 0 Å². The summed E-state index contributed by atoms with van der Waals surface area (Å²) < 4.78 is 0. The van der Waals surface area contributed by atoms with Crippen LogP contribution in [0.5, 0.6) is 0 Å². The van der Waals surface area contributed by atoms with E-state index in [9.17, 15) is 9.59 Å². The van der Waals surface area contributed by atoms with Crippen molar-refractivity contribution in [3.05, 3.63) is 11.1 Å². The van der Waals surface area contributed by atoms with Gasteiger partial charge in [-0.05, 0) is 14.0 Å².